The van der Waals surface area contributed by atoms with E-state index in [2.05, 4.69) is 5.32 Å². The molecule has 0 bridgehead atoms. The molecule has 0 aromatic carbocycles. The van der Waals surface area contributed by atoms with Gasteiger partial charge >= 0.3 is 0 Å². The third kappa shape index (κ3) is 4.29. The summed E-state index contributed by atoms with van der Waals surface area (Å²) < 4.78 is 37.6. The summed E-state index contributed by atoms with van der Waals surface area (Å²) in [5, 5.41) is 3.21. The smallest absolute Gasteiger partial charge is 0.276 e. The standard InChI is InChI=1S/C14H24N2O4S/c1-11(2)15-9-13-5-6-14(20-13)21(17,18)16-7-4-8-19-12(3)10-16/h5-6,11-12,15H,4,7-10H2,1-3H3. The van der Waals surface area contributed by atoms with Gasteiger partial charge < -0.3 is 14.5 Å². The van der Waals surface area contributed by atoms with Crippen molar-refractivity contribution in [3.8, 4) is 0 Å². The van der Waals surface area contributed by atoms with E-state index < -0.39 is 10.0 Å². The minimum Gasteiger partial charge on any atom is -0.447 e. The first-order valence-corrected chi connectivity index (χ1v) is 8.77. The first-order chi connectivity index (χ1) is 9.89. The Hall–Kier alpha value is -0.890. The zero-order valence-electron chi connectivity index (χ0n) is 12.8. The van der Waals surface area contributed by atoms with E-state index in [9.17, 15) is 8.42 Å². The van der Waals surface area contributed by atoms with Crippen molar-refractivity contribution in [1.82, 2.24) is 9.62 Å². The maximum absolute atomic E-state index is 12.6. The zero-order valence-corrected chi connectivity index (χ0v) is 13.6. The van der Waals surface area contributed by atoms with Crippen molar-refractivity contribution < 1.29 is 17.6 Å². The highest BCUT2D eigenvalue weighted by Gasteiger charge is 2.30. The summed E-state index contributed by atoms with van der Waals surface area (Å²) in [6.45, 7) is 7.88. The number of sulfonamides is 1. The SMILES string of the molecule is CC(C)NCc1ccc(S(=O)(=O)N2CCCOC(C)C2)o1. The monoisotopic (exact) mass is 316 g/mol. The van der Waals surface area contributed by atoms with Crippen LogP contribution in [0.1, 0.15) is 33.0 Å². The Morgan fingerprint density at radius 2 is 2.19 bits per heavy atom. The molecule has 1 N–H and O–H groups in total. The lowest BCUT2D eigenvalue weighted by Crippen LogP contribution is -2.35. The summed E-state index contributed by atoms with van der Waals surface area (Å²) >= 11 is 0. The van der Waals surface area contributed by atoms with Gasteiger partial charge in [0.05, 0.1) is 12.6 Å². The molecule has 0 amide bonds. The van der Waals surface area contributed by atoms with Gasteiger partial charge in [-0.1, -0.05) is 13.8 Å². The van der Waals surface area contributed by atoms with Crippen LogP contribution in [0.15, 0.2) is 21.6 Å². The number of rotatable bonds is 5. The second-order valence-corrected chi connectivity index (χ2v) is 7.52. The van der Waals surface area contributed by atoms with E-state index in [1.54, 1.807) is 6.07 Å². The lowest BCUT2D eigenvalue weighted by Gasteiger charge is -2.20. The molecule has 1 aromatic heterocycles. The van der Waals surface area contributed by atoms with Crippen LogP contribution in [-0.2, 0) is 21.3 Å². The van der Waals surface area contributed by atoms with Gasteiger partial charge in [-0.05, 0) is 25.5 Å². The van der Waals surface area contributed by atoms with Gasteiger partial charge in [0.25, 0.3) is 10.0 Å². The highest BCUT2D eigenvalue weighted by molar-refractivity contribution is 7.89. The average molecular weight is 316 g/mol. The van der Waals surface area contributed by atoms with E-state index in [0.717, 1.165) is 0 Å². The van der Waals surface area contributed by atoms with Crippen molar-refractivity contribution in [2.75, 3.05) is 19.7 Å². The molecule has 1 fully saturated rings. The molecular weight excluding hydrogens is 292 g/mol. The maximum atomic E-state index is 12.6. The lowest BCUT2D eigenvalue weighted by atomic mass is 10.3. The second-order valence-electron chi connectivity index (χ2n) is 5.65. The van der Waals surface area contributed by atoms with Crippen LogP contribution in [-0.4, -0.2) is 44.6 Å². The largest absolute Gasteiger partial charge is 0.447 e. The van der Waals surface area contributed by atoms with Gasteiger partial charge in [0, 0.05) is 25.7 Å². The normalized spacial score (nSPS) is 21.6. The molecule has 0 aliphatic carbocycles. The van der Waals surface area contributed by atoms with E-state index in [-0.39, 0.29) is 11.2 Å². The fourth-order valence-electron chi connectivity index (χ4n) is 2.20. The van der Waals surface area contributed by atoms with Gasteiger partial charge in [-0.25, -0.2) is 8.42 Å². The molecule has 0 saturated carbocycles. The number of furan rings is 1. The Morgan fingerprint density at radius 3 is 2.90 bits per heavy atom. The van der Waals surface area contributed by atoms with Crippen LogP contribution in [0.2, 0.25) is 0 Å². The molecule has 1 aromatic rings. The molecule has 7 heteroatoms. The molecule has 2 rings (SSSR count). The maximum Gasteiger partial charge on any atom is 0.276 e. The first kappa shape index (κ1) is 16.5. The molecule has 120 valence electrons. The van der Waals surface area contributed by atoms with Gasteiger partial charge in [0.15, 0.2) is 0 Å². The third-order valence-electron chi connectivity index (χ3n) is 3.33. The third-order valence-corrected chi connectivity index (χ3v) is 5.07. The van der Waals surface area contributed by atoms with Gasteiger partial charge in [-0.2, -0.15) is 4.31 Å². The van der Waals surface area contributed by atoms with Crippen LogP contribution in [0.4, 0.5) is 0 Å². The van der Waals surface area contributed by atoms with Crippen LogP contribution in [0, 0.1) is 0 Å². The van der Waals surface area contributed by atoms with Crippen LogP contribution < -0.4 is 5.32 Å². The molecule has 0 spiro atoms. The Bertz CT molecular complexity index is 553. The van der Waals surface area contributed by atoms with Crippen molar-refractivity contribution in [2.45, 2.75) is 51.0 Å². The summed E-state index contributed by atoms with van der Waals surface area (Å²) in [5.41, 5.74) is 0. The van der Waals surface area contributed by atoms with Crippen LogP contribution in [0.5, 0.6) is 0 Å². The number of hydrogen-bond acceptors (Lipinski definition) is 5. The molecule has 1 aliphatic rings. The molecular formula is C14H24N2O4S. The zero-order chi connectivity index (χ0) is 15.5. The molecule has 1 unspecified atom stereocenters. The fraction of sp³-hybridized carbons (Fsp3) is 0.714. The predicted molar refractivity (Wildman–Crippen MR) is 79.5 cm³/mol. The highest BCUT2D eigenvalue weighted by atomic mass is 32.2. The van der Waals surface area contributed by atoms with Gasteiger partial charge in [0.1, 0.15) is 5.76 Å². The summed E-state index contributed by atoms with van der Waals surface area (Å²) in [6, 6.07) is 3.56. The van der Waals surface area contributed by atoms with Crippen molar-refractivity contribution in [1.29, 1.82) is 0 Å². The van der Waals surface area contributed by atoms with Crippen molar-refractivity contribution in [3.63, 3.8) is 0 Å². The Kier molecular flexibility index (Phi) is 5.43. The summed E-state index contributed by atoms with van der Waals surface area (Å²) in [5.74, 6) is 0.626. The minimum atomic E-state index is -3.58. The molecule has 1 aliphatic heterocycles. The predicted octanol–water partition coefficient (Wildman–Crippen LogP) is 1.58. The van der Waals surface area contributed by atoms with Gasteiger partial charge in [-0.3, -0.25) is 0 Å². The number of ether oxygens (including phenoxy) is 1. The molecule has 21 heavy (non-hydrogen) atoms. The van der Waals surface area contributed by atoms with Crippen LogP contribution in [0.3, 0.4) is 0 Å². The Morgan fingerprint density at radius 1 is 1.43 bits per heavy atom. The van der Waals surface area contributed by atoms with E-state index in [1.807, 2.05) is 20.8 Å². The number of nitrogens with one attached hydrogen (secondary N) is 1. The number of hydrogen-bond donors (Lipinski definition) is 1. The fourth-order valence-corrected chi connectivity index (χ4v) is 3.68. The summed E-state index contributed by atoms with van der Waals surface area (Å²) in [6.07, 6.45) is 0.603. The van der Waals surface area contributed by atoms with Gasteiger partial charge in [0.2, 0.25) is 5.09 Å². The first-order valence-electron chi connectivity index (χ1n) is 7.33. The summed E-state index contributed by atoms with van der Waals surface area (Å²) in [4.78, 5) is 0. The molecule has 2 heterocycles. The Labute approximate surface area is 126 Å². The van der Waals surface area contributed by atoms with Crippen molar-refractivity contribution in [3.05, 3.63) is 17.9 Å². The van der Waals surface area contributed by atoms with E-state index >= 15 is 0 Å². The molecule has 6 nitrogen and oxygen atoms in total. The van der Waals surface area contributed by atoms with E-state index in [0.29, 0.717) is 44.5 Å². The van der Waals surface area contributed by atoms with Crippen LogP contribution >= 0.6 is 0 Å². The van der Waals surface area contributed by atoms with E-state index in [4.69, 9.17) is 9.15 Å². The van der Waals surface area contributed by atoms with Crippen molar-refractivity contribution in [2.24, 2.45) is 0 Å². The quantitative estimate of drug-likeness (QED) is 0.893. The second kappa shape index (κ2) is 6.91. The molecule has 1 atom stereocenters. The average Bonchev–Trinajstić information content (AvgIpc) is 2.79. The topological polar surface area (TPSA) is 71.8 Å². The molecule has 1 saturated heterocycles. The van der Waals surface area contributed by atoms with Crippen molar-refractivity contribution >= 4 is 10.0 Å². The van der Waals surface area contributed by atoms with Crippen LogP contribution in [0.25, 0.3) is 0 Å². The lowest BCUT2D eigenvalue weighted by molar-refractivity contribution is 0.0751. The summed E-state index contributed by atoms with van der Waals surface area (Å²) in [7, 11) is -3.58. The van der Waals surface area contributed by atoms with Gasteiger partial charge in [-0.15, -0.1) is 0 Å². The molecule has 0 radical (unpaired) electrons. The number of nitrogens with zero attached hydrogens (tertiary/aromatic N) is 1. The highest BCUT2D eigenvalue weighted by Crippen LogP contribution is 2.21. The van der Waals surface area contributed by atoms with E-state index in [1.165, 1.54) is 10.4 Å². The minimum absolute atomic E-state index is 0.0113. The Balaban J connectivity index is 2.11.